The zero-order valence-electron chi connectivity index (χ0n) is 18.0. The van der Waals surface area contributed by atoms with Crippen molar-refractivity contribution in [2.24, 2.45) is 5.92 Å². The van der Waals surface area contributed by atoms with Gasteiger partial charge in [0.1, 0.15) is 5.69 Å². The highest BCUT2D eigenvalue weighted by Crippen LogP contribution is 2.33. The minimum absolute atomic E-state index is 0.0149. The zero-order valence-corrected chi connectivity index (χ0v) is 18.0. The fraction of sp³-hybridized carbons (Fsp3) is 0.455. The number of hydrogen-bond donors (Lipinski definition) is 3. The van der Waals surface area contributed by atoms with E-state index >= 15 is 0 Å². The van der Waals surface area contributed by atoms with Crippen molar-refractivity contribution in [3.8, 4) is 11.3 Å². The van der Waals surface area contributed by atoms with Crippen LogP contribution in [0, 0.1) is 5.92 Å². The largest absolute Gasteiger partial charge is 0.360 e. The number of rotatable bonds is 9. The topological polar surface area (TPSA) is 106 Å². The van der Waals surface area contributed by atoms with Crippen molar-refractivity contribution in [3.05, 3.63) is 47.0 Å². The summed E-state index contributed by atoms with van der Waals surface area (Å²) in [5.74, 6) is 1.15. The van der Waals surface area contributed by atoms with Gasteiger partial charge in [-0.15, -0.1) is 0 Å². The lowest BCUT2D eigenvalue weighted by Crippen LogP contribution is -2.62. The van der Waals surface area contributed by atoms with E-state index in [0.29, 0.717) is 37.2 Å². The number of amides is 1. The van der Waals surface area contributed by atoms with Gasteiger partial charge >= 0.3 is 0 Å². The lowest BCUT2D eigenvalue weighted by atomic mass is 10.0. The van der Waals surface area contributed by atoms with Crippen LogP contribution in [0.3, 0.4) is 0 Å². The Hall–Kier alpha value is -3.20. The Morgan fingerprint density at radius 3 is 2.87 bits per heavy atom. The Labute approximate surface area is 181 Å². The second-order valence-corrected chi connectivity index (χ2v) is 8.07. The summed E-state index contributed by atoms with van der Waals surface area (Å²) in [6, 6.07) is 3.86. The summed E-state index contributed by atoms with van der Waals surface area (Å²) in [6.45, 7) is 2.74. The van der Waals surface area contributed by atoms with E-state index in [1.165, 1.54) is 12.8 Å². The number of carbonyl (C=O) groups excluding carboxylic acids is 1. The second-order valence-electron chi connectivity index (χ2n) is 8.07. The molecule has 1 saturated carbocycles. The summed E-state index contributed by atoms with van der Waals surface area (Å²) in [6.07, 6.45) is 9.19. The monoisotopic (exact) mass is 423 g/mol. The molecule has 3 heterocycles. The molecule has 2 fully saturated rings. The van der Waals surface area contributed by atoms with Crippen LogP contribution in [-0.2, 0) is 4.79 Å². The van der Waals surface area contributed by atoms with Crippen LogP contribution in [0.4, 0.5) is 11.6 Å². The standard InChI is InChI=1S/C22H29N7O2/c1-23-8-3-4-20(30)28-13-17(14-28)29(12-15-5-6-15)19-10-16(11-26-21(19)31)18-7-9-25-22(24-2)27-18/h3-4,7,9-11,15,17,23H,5-6,8,12-14H2,1-2H3,(H,26,31)(H,24,25,27). The molecule has 9 heteroatoms. The molecule has 2 aromatic rings. The average Bonchev–Trinajstić information content (AvgIpc) is 3.57. The lowest BCUT2D eigenvalue weighted by molar-refractivity contribution is -0.130. The maximum atomic E-state index is 12.8. The maximum Gasteiger partial charge on any atom is 0.271 e. The summed E-state index contributed by atoms with van der Waals surface area (Å²) in [5.41, 5.74) is 2.09. The van der Waals surface area contributed by atoms with Gasteiger partial charge in [-0.3, -0.25) is 9.59 Å². The van der Waals surface area contributed by atoms with Crippen LogP contribution in [0.2, 0.25) is 0 Å². The van der Waals surface area contributed by atoms with Crippen LogP contribution in [0.1, 0.15) is 12.8 Å². The summed E-state index contributed by atoms with van der Waals surface area (Å²) in [7, 11) is 3.61. The van der Waals surface area contributed by atoms with Gasteiger partial charge in [-0.05, 0) is 37.9 Å². The van der Waals surface area contributed by atoms with Crippen molar-refractivity contribution < 1.29 is 4.79 Å². The lowest BCUT2D eigenvalue weighted by Gasteiger charge is -2.46. The van der Waals surface area contributed by atoms with E-state index in [1.54, 1.807) is 25.5 Å². The number of aromatic amines is 1. The van der Waals surface area contributed by atoms with Gasteiger partial charge in [0.2, 0.25) is 11.9 Å². The molecule has 9 nitrogen and oxygen atoms in total. The van der Waals surface area contributed by atoms with Crippen LogP contribution in [0.25, 0.3) is 11.3 Å². The first-order chi connectivity index (χ1) is 15.1. The number of hydrogen-bond acceptors (Lipinski definition) is 7. The van der Waals surface area contributed by atoms with E-state index in [4.69, 9.17) is 0 Å². The second kappa shape index (κ2) is 9.30. The van der Waals surface area contributed by atoms with E-state index in [-0.39, 0.29) is 17.5 Å². The van der Waals surface area contributed by atoms with Gasteiger partial charge in [-0.25, -0.2) is 9.97 Å². The molecule has 4 rings (SSSR count). The normalized spacial score (nSPS) is 16.4. The van der Waals surface area contributed by atoms with Crippen molar-refractivity contribution in [1.29, 1.82) is 0 Å². The molecule has 1 saturated heterocycles. The summed E-state index contributed by atoms with van der Waals surface area (Å²) in [5, 5.41) is 5.93. The maximum absolute atomic E-state index is 12.8. The quantitative estimate of drug-likeness (QED) is 0.518. The van der Waals surface area contributed by atoms with Crippen molar-refractivity contribution in [3.63, 3.8) is 0 Å². The molecule has 164 valence electrons. The molecular weight excluding hydrogens is 394 g/mol. The highest BCUT2D eigenvalue weighted by molar-refractivity contribution is 5.88. The van der Waals surface area contributed by atoms with Crippen LogP contribution in [0.15, 0.2) is 41.5 Å². The molecule has 2 aromatic heterocycles. The third-order valence-electron chi connectivity index (χ3n) is 5.72. The Morgan fingerprint density at radius 1 is 1.35 bits per heavy atom. The molecule has 1 aliphatic carbocycles. The molecule has 1 aliphatic heterocycles. The number of aromatic nitrogens is 3. The van der Waals surface area contributed by atoms with Crippen LogP contribution in [-0.4, -0.2) is 72.1 Å². The fourth-order valence-electron chi connectivity index (χ4n) is 3.71. The molecule has 0 radical (unpaired) electrons. The molecule has 0 bridgehead atoms. The van der Waals surface area contributed by atoms with Crippen LogP contribution >= 0.6 is 0 Å². The van der Waals surface area contributed by atoms with Gasteiger partial charge in [0.25, 0.3) is 5.56 Å². The Kier molecular flexibility index (Phi) is 6.31. The summed E-state index contributed by atoms with van der Waals surface area (Å²) >= 11 is 0. The van der Waals surface area contributed by atoms with E-state index in [2.05, 4.69) is 30.5 Å². The number of likely N-dealkylation sites (tertiary alicyclic amines) is 1. The molecule has 0 unspecified atom stereocenters. The van der Waals surface area contributed by atoms with Gasteiger partial charge in [0, 0.05) is 57.3 Å². The first-order valence-corrected chi connectivity index (χ1v) is 10.7. The summed E-state index contributed by atoms with van der Waals surface area (Å²) in [4.78, 5) is 40.6. The molecule has 2 aliphatic rings. The van der Waals surface area contributed by atoms with Gasteiger partial charge in [-0.1, -0.05) is 6.08 Å². The Morgan fingerprint density at radius 2 is 2.16 bits per heavy atom. The zero-order chi connectivity index (χ0) is 21.8. The predicted molar refractivity (Wildman–Crippen MR) is 121 cm³/mol. The van der Waals surface area contributed by atoms with Gasteiger partial charge < -0.3 is 25.4 Å². The first-order valence-electron chi connectivity index (χ1n) is 10.7. The average molecular weight is 424 g/mol. The van der Waals surface area contributed by atoms with Gasteiger partial charge in [-0.2, -0.15) is 0 Å². The minimum atomic E-state index is -0.119. The van der Waals surface area contributed by atoms with Crippen molar-refractivity contribution >= 4 is 17.5 Å². The van der Waals surface area contributed by atoms with Gasteiger partial charge in [0.15, 0.2) is 0 Å². The highest BCUT2D eigenvalue weighted by atomic mass is 16.2. The Bertz CT molecular complexity index is 1010. The molecule has 3 N–H and O–H groups in total. The molecule has 31 heavy (non-hydrogen) atoms. The molecule has 0 aromatic carbocycles. The third kappa shape index (κ3) is 4.93. The number of likely N-dealkylation sites (N-methyl/N-ethyl adjacent to an activating group) is 1. The summed E-state index contributed by atoms with van der Waals surface area (Å²) < 4.78 is 0. The number of pyridine rings is 1. The van der Waals surface area contributed by atoms with Crippen molar-refractivity contribution in [1.82, 2.24) is 25.2 Å². The number of carbonyl (C=O) groups is 1. The fourth-order valence-corrected chi connectivity index (χ4v) is 3.71. The smallest absolute Gasteiger partial charge is 0.271 e. The molecule has 1 amide bonds. The molecule has 0 atom stereocenters. The predicted octanol–water partition coefficient (Wildman–Crippen LogP) is 1.08. The molecular formula is C22H29N7O2. The van der Waals surface area contributed by atoms with Gasteiger partial charge in [0.05, 0.1) is 11.7 Å². The SMILES string of the molecule is CNCC=CC(=O)N1CC(N(CC2CC2)c2cc(-c3ccnc(NC)n3)c[nH]c2=O)C1. The van der Waals surface area contributed by atoms with Crippen LogP contribution in [0.5, 0.6) is 0 Å². The van der Waals surface area contributed by atoms with Crippen LogP contribution < -0.4 is 21.1 Å². The minimum Gasteiger partial charge on any atom is -0.360 e. The van der Waals surface area contributed by atoms with Crippen molar-refractivity contribution in [2.45, 2.75) is 18.9 Å². The number of nitrogens with one attached hydrogen (secondary N) is 3. The highest BCUT2D eigenvalue weighted by Gasteiger charge is 2.37. The number of H-pyrrole nitrogens is 1. The van der Waals surface area contributed by atoms with E-state index in [9.17, 15) is 9.59 Å². The number of anilines is 2. The molecule has 0 spiro atoms. The Balaban J connectivity index is 1.54. The van der Waals surface area contributed by atoms with E-state index < -0.39 is 0 Å². The number of nitrogens with zero attached hydrogens (tertiary/aromatic N) is 4. The first kappa shape index (κ1) is 21.0. The third-order valence-corrected chi connectivity index (χ3v) is 5.72. The van der Waals surface area contributed by atoms with Crippen molar-refractivity contribution in [2.75, 3.05) is 50.5 Å². The van der Waals surface area contributed by atoms with E-state index in [0.717, 1.165) is 17.8 Å². The van der Waals surface area contributed by atoms with E-state index in [1.807, 2.05) is 30.2 Å².